The van der Waals surface area contributed by atoms with Crippen molar-refractivity contribution in [2.75, 3.05) is 0 Å². The molecule has 8 aromatic carbocycles. The van der Waals surface area contributed by atoms with Crippen molar-refractivity contribution in [3.8, 4) is 33.4 Å². The zero-order chi connectivity index (χ0) is 44.2. The average Bonchev–Trinajstić information content (AvgIpc) is 4.03. The van der Waals surface area contributed by atoms with Gasteiger partial charge in [0.25, 0.3) is 0 Å². The Labute approximate surface area is 397 Å². The topological polar surface area (TPSA) is 0 Å². The van der Waals surface area contributed by atoms with Gasteiger partial charge in [0, 0.05) is 11.8 Å². The summed E-state index contributed by atoms with van der Waals surface area (Å²) < 4.78 is 0. The molecule has 8 aliphatic rings. The van der Waals surface area contributed by atoms with Crippen LogP contribution in [-0.4, -0.2) is 0 Å². The minimum Gasteiger partial charge on any atom is -0.0836 e. The summed E-state index contributed by atoms with van der Waals surface area (Å²) in [5, 5.41) is 8.36. The van der Waals surface area contributed by atoms with Gasteiger partial charge in [-0.3, -0.25) is 0 Å². The van der Waals surface area contributed by atoms with Crippen LogP contribution in [0.2, 0.25) is 0 Å². The minimum absolute atomic E-state index is 0.239. The number of allylic oxidation sites excluding steroid dienone is 18. The van der Waals surface area contributed by atoms with Crippen molar-refractivity contribution in [1.82, 2.24) is 0 Å². The lowest BCUT2D eigenvalue weighted by Gasteiger charge is -2.35. The smallest absolute Gasteiger partial charge is 0.0206 e. The molecule has 0 nitrogen and oxygen atoms in total. The maximum Gasteiger partial charge on any atom is 0.0206 e. The molecule has 0 N–H and O–H groups in total. The highest BCUT2D eigenvalue weighted by Crippen LogP contribution is 2.64. The number of benzene rings is 8. The van der Waals surface area contributed by atoms with Crippen LogP contribution in [0.4, 0.5) is 0 Å². The molecule has 318 valence electrons. The van der Waals surface area contributed by atoms with Gasteiger partial charge in [-0.2, -0.15) is 0 Å². The summed E-state index contributed by atoms with van der Waals surface area (Å²) in [5.41, 5.74) is 31.5. The second-order valence-corrected chi connectivity index (χ2v) is 20.3. The van der Waals surface area contributed by atoms with Crippen molar-refractivity contribution < 1.29 is 0 Å². The van der Waals surface area contributed by atoms with E-state index in [0.29, 0.717) is 0 Å². The van der Waals surface area contributed by atoms with Crippen molar-refractivity contribution >= 4 is 65.8 Å². The summed E-state index contributed by atoms with van der Waals surface area (Å²) in [5.74, 6) is 0.508. The molecule has 16 rings (SSSR count). The molecule has 0 fully saturated rings. The Morgan fingerprint density at radius 1 is 0.426 bits per heavy atom. The Balaban J connectivity index is 0.956. The van der Waals surface area contributed by atoms with Crippen LogP contribution in [-0.2, 0) is 0 Å². The van der Waals surface area contributed by atoms with Gasteiger partial charge in [-0.15, -0.1) is 0 Å². The Bertz CT molecular complexity index is 3970. The molecule has 0 saturated carbocycles. The fourth-order valence-electron chi connectivity index (χ4n) is 14.3. The van der Waals surface area contributed by atoms with Gasteiger partial charge in [-0.25, -0.2) is 0 Å². The Morgan fingerprint density at radius 2 is 1.13 bits per heavy atom. The second-order valence-electron chi connectivity index (χ2n) is 20.3. The predicted molar refractivity (Wildman–Crippen MR) is 287 cm³/mol. The summed E-state index contributed by atoms with van der Waals surface area (Å²) in [6.45, 7) is 0. The van der Waals surface area contributed by atoms with Gasteiger partial charge in [-0.05, 0) is 205 Å². The molecule has 0 heteroatoms. The summed E-state index contributed by atoms with van der Waals surface area (Å²) in [6.07, 6.45) is 26.7. The highest BCUT2D eigenvalue weighted by molar-refractivity contribution is 6.30. The van der Waals surface area contributed by atoms with Gasteiger partial charge in [-0.1, -0.05) is 182 Å². The molecule has 8 aliphatic carbocycles. The van der Waals surface area contributed by atoms with Crippen molar-refractivity contribution in [2.45, 2.75) is 38.5 Å². The van der Waals surface area contributed by atoms with Gasteiger partial charge in [0.2, 0.25) is 0 Å². The molecule has 2 atom stereocenters. The second kappa shape index (κ2) is 13.9. The molecule has 0 spiro atoms. The van der Waals surface area contributed by atoms with Crippen molar-refractivity contribution in [1.29, 1.82) is 0 Å². The van der Waals surface area contributed by atoms with Gasteiger partial charge < -0.3 is 0 Å². The third kappa shape index (κ3) is 5.00. The summed E-state index contributed by atoms with van der Waals surface area (Å²) in [6, 6.07) is 55.3. The molecule has 0 bridgehead atoms. The van der Waals surface area contributed by atoms with Gasteiger partial charge in [0.05, 0.1) is 0 Å². The highest BCUT2D eigenvalue weighted by Gasteiger charge is 2.46. The zero-order valence-electron chi connectivity index (χ0n) is 37.9. The number of fused-ring (bicyclic) bond motifs is 10. The zero-order valence-corrected chi connectivity index (χ0v) is 37.9. The molecule has 0 aliphatic heterocycles. The maximum atomic E-state index is 2.68. The molecule has 8 aromatic rings. The largest absolute Gasteiger partial charge is 0.0836 e. The highest BCUT2D eigenvalue weighted by atomic mass is 14.5. The summed E-state index contributed by atoms with van der Waals surface area (Å²) in [4.78, 5) is 0. The summed E-state index contributed by atoms with van der Waals surface area (Å²) >= 11 is 0. The number of hydrogen-bond donors (Lipinski definition) is 0. The molecule has 2 unspecified atom stereocenters. The molecule has 0 saturated heterocycles. The van der Waals surface area contributed by atoms with Crippen LogP contribution in [0, 0.1) is 11.8 Å². The molecule has 0 aromatic heterocycles. The van der Waals surface area contributed by atoms with E-state index in [1.165, 1.54) is 149 Å². The fraction of sp³-hybridized carbons (Fsp3) is 0.118. The van der Waals surface area contributed by atoms with E-state index in [2.05, 4.69) is 194 Å². The minimum atomic E-state index is 0.239. The lowest BCUT2D eigenvalue weighted by molar-refractivity contribution is 0.656. The normalized spacial score (nSPS) is 20.1. The Kier molecular flexibility index (Phi) is 7.61. The maximum absolute atomic E-state index is 2.68. The van der Waals surface area contributed by atoms with E-state index in [1.807, 2.05) is 0 Å². The number of hydrogen-bond acceptors (Lipinski definition) is 0. The quantitative estimate of drug-likeness (QED) is 0.155. The van der Waals surface area contributed by atoms with Crippen LogP contribution in [0.15, 0.2) is 216 Å². The molecule has 68 heavy (non-hydrogen) atoms. The van der Waals surface area contributed by atoms with E-state index in [-0.39, 0.29) is 11.8 Å². The first kappa shape index (κ1) is 37.3. The average molecular weight is 863 g/mol. The predicted octanol–water partition coefficient (Wildman–Crippen LogP) is 18.0. The standard InChI is InChI=1S/C68H46/c1-3-14-39(15-4-1)42-20-9-21-46(34-42)62-60-38-58-48-23-8-7-22-47(48)51-26-12-28-54(64(51)58)66(60)63(41-16-5-2-6-17-41)68-59-37-45-31-30-43(35-56(45)52-27-13-29-55(65(52)59)67(62)68)44-32-33-49-50-24-10-18-40-19-11-25-53(61(40)50)57(49)36-44/h1-7,9-22,24-29,34-38,52,65H,8,23,30-33H2. The van der Waals surface area contributed by atoms with Crippen molar-refractivity contribution in [3.05, 3.63) is 250 Å². The molecule has 0 radical (unpaired) electrons. The van der Waals surface area contributed by atoms with Gasteiger partial charge in [0.1, 0.15) is 0 Å². The van der Waals surface area contributed by atoms with Crippen LogP contribution in [0.25, 0.3) is 99.1 Å². The molecule has 0 amide bonds. The summed E-state index contributed by atoms with van der Waals surface area (Å²) in [7, 11) is 0. The monoisotopic (exact) mass is 862 g/mol. The first-order chi connectivity index (χ1) is 33.7. The fourth-order valence-corrected chi connectivity index (χ4v) is 14.3. The SMILES string of the molecule is C1=CC2C3=C(C=C4c5c(c(-c6cccc(-c7ccccc7)c6)c6cc7c8c(cccc8c6c5-c5ccccc5)C5=C7CCC=C5)C(=C1)C42)CCC(C1=CC2=C(CC1)c1cccc4cccc2c14)=C3. The molecular formula is C68H46. The van der Waals surface area contributed by atoms with E-state index < -0.39 is 0 Å². The Hall–Kier alpha value is -7.80. The van der Waals surface area contributed by atoms with Crippen molar-refractivity contribution in [3.63, 3.8) is 0 Å². The van der Waals surface area contributed by atoms with Crippen LogP contribution < -0.4 is 0 Å². The number of rotatable bonds is 4. The lowest BCUT2D eigenvalue weighted by Crippen LogP contribution is -2.22. The first-order valence-electron chi connectivity index (χ1n) is 25.0. The van der Waals surface area contributed by atoms with Crippen LogP contribution in [0.3, 0.4) is 0 Å². The van der Waals surface area contributed by atoms with Crippen LogP contribution >= 0.6 is 0 Å². The molecule has 0 heterocycles. The third-order valence-corrected chi connectivity index (χ3v) is 17.0. The van der Waals surface area contributed by atoms with Gasteiger partial charge in [0.15, 0.2) is 0 Å². The van der Waals surface area contributed by atoms with Gasteiger partial charge >= 0.3 is 0 Å². The van der Waals surface area contributed by atoms with E-state index in [1.54, 1.807) is 5.57 Å². The van der Waals surface area contributed by atoms with E-state index >= 15 is 0 Å². The van der Waals surface area contributed by atoms with E-state index in [9.17, 15) is 0 Å². The van der Waals surface area contributed by atoms with Crippen LogP contribution in [0.1, 0.15) is 71.9 Å². The van der Waals surface area contributed by atoms with E-state index in [0.717, 1.165) is 38.5 Å². The first-order valence-corrected chi connectivity index (χ1v) is 25.0. The lowest BCUT2D eigenvalue weighted by atomic mass is 9.68. The van der Waals surface area contributed by atoms with E-state index in [4.69, 9.17) is 0 Å². The third-order valence-electron chi connectivity index (χ3n) is 17.0. The van der Waals surface area contributed by atoms with Crippen LogP contribution in [0.5, 0.6) is 0 Å². The Morgan fingerprint density at radius 3 is 2.00 bits per heavy atom. The van der Waals surface area contributed by atoms with Crippen molar-refractivity contribution in [2.24, 2.45) is 11.8 Å². The molecular weight excluding hydrogens is 817 g/mol.